The number of anilines is 1. The van der Waals surface area contributed by atoms with Crippen LogP contribution >= 0.6 is 0 Å². The minimum Gasteiger partial charge on any atom is -0.354 e. The molecule has 9 heteroatoms. The lowest BCUT2D eigenvalue weighted by molar-refractivity contribution is -0.140. The average molecular weight is 644 g/mol. The first-order valence-electron chi connectivity index (χ1n) is 15.5. The van der Waals surface area contributed by atoms with Crippen molar-refractivity contribution in [2.24, 2.45) is 0 Å². The summed E-state index contributed by atoms with van der Waals surface area (Å²) < 4.78 is 43.4. The molecule has 4 aromatic carbocycles. The quantitative estimate of drug-likeness (QED) is 0.159. The van der Waals surface area contributed by atoms with E-state index in [0.29, 0.717) is 17.8 Å². The Balaban J connectivity index is 1.81. The highest BCUT2D eigenvalue weighted by atomic mass is 32.2. The molecule has 0 aromatic heterocycles. The van der Waals surface area contributed by atoms with Gasteiger partial charge in [0.15, 0.2) is 0 Å². The van der Waals surface area contributed by atoms with Crippen molar-refractivity contribution < 1.29 is 22.4 Å². The van der Waals surface area contributed by atoms with Gasteiger partial charge >= 0.3 is 0 Å². The van der Waals surface area contributed by atoms with E-state index in [9.17, 15) is 22.4 Å². The van der Waals surface area contributed by atoms with Crippen molar-refractivity contribution in [1.82, 2.24) is 10.2 Å². The number of sulfonamides is 1. The second-order valence-corrected chi connectivity index (χ2v) is 13.5. The third kappa shape index (κ3) is 9.03. The van der Waals surface area contributed by atoms with Gasteiger partial charge in [-0.05, 0) is 85.8 Å². The number of carbonyl (C=O) groups excluding carboxylic acids is 2. The monoisotopic (exact) mass is 643 g/mol. The van der Waals surface area contributed by atoms with Crippen molar-refractivity contribution in [1.29, 1.82) is 0 Å². The summed E-state index contributed by atoms with van der Waals surface area (Å²) in [6.07, 6.45) is 1.86. The average Bonchev–Trinajstić information content (AvgIpc) is 3.02. The Kier molecular flexibility index (Phi) is 11.7. The van der Waals surface area contributed by atoms with Crippen molar-refractivity contribution in [3.63, 3.8) is 0 Å². The molecule has 2 amide bonds. The summed E-state index contributed by atoms with van der Waals surface area (Å²) in [7, 11) is -4.20. The molecule has 0 aliphatic heterocycles. The smallest absolute Gasteiger partial charge is 0.264 e. The minimum atomic E-state index is -4.20. The number of aryl methyl sites for hydroxylation is 3. The predicted octanol–water partition coefficient (Wildman–Crippen LogP) is 6.50. The van der Waals surface area contributed by atoms with Crippen molar-refractivity contribution in [2.45, 2.75) is 64.4 Å². The number of rotatable bonds is 14. The lowest BCUT2D eigenvalue weighted by Gasteiger charge is -2.34. The molecule has 1 N–H and O–H groups in total. The normalized spacial score (nSPS) is 11.9. The van der Waals surface area contributed by atoms with E-state index in [1.807, 2.05) is 64.1 Å². The van der Waals surface area contributed by atoms with Crippen LogP contribution in [0.4, 0.5) is 10.1 Å². The van der Waals surface area contributed by atoms with Gasteiger partial charge in [0.1, 0.15) is 18.4 Å². The molecule has 1 atom stereocenters. The number of hydrogen-bond acceptors (Lipinski definition) is 4. The summed E-state index contributed by atoms with van der Waals surface area (Å²) >= 11 is 0. The van der Waals surface area contributed by atoms with Crippen LogP contribution in [0.1, 0.15) is 47.6 Å². The Bertz CT molecular complexity index is 1710. The molecule has 4 aromatic rings. The molecule has 0 aliphatic rings. The van der Waals surface area contributed by atoms with Crippen LogP contribution in [0, 0.1) is 26.6 Å². The van der Waals surface area contributed by atoms with Gasteiger partial charge in [0, 0.05) is 19.5 Å². The van der Waals surface area contributed by atoms with Crippen LogP contribution in [0.3, 0.4) is 0 Å². The van der Waals surface area contributed by atoms with Crippen LogP contribution in [0.15, 0.2) is 102 Å². The molecule has 0 saturated heterocycles. The maximum absolute atomic E-state index is 14.5. The number of benzene rings is 4. The van der Waals surface area contributed by atoms with Crippen molar-refractivity contribution in [2.75, 3.05) is 17.4 Å². The topological polar surface area (TPSA) is 86.8 Å². The number of nitrogens with one attached hydrogen (secondary N) is 1. The number of hydrogen-bond donors (Lipinski definition) is 1. The predicted molar refractivity (Wildman–Crippen MR) is 180 cm³/mol. The zero-order chi connectivity index (χ0) is 33.3. The van der Waals surface area contributed by atoms with Gasteiger partial charge in [-0.25, -0.2) is 12.8 Å². The number of unbranched alkanes of at least 4 members (excludes halogenated alkanes) is 1. The van der Waals surface area contributed by atoms with Crippen LogP contribution in [0.25, 0.3) is 0 Å². The first-order chi connectivity index (χ1) is 22.0. The molecular formula is C37H42FN3O4S. The lowest BCUT2D eigenvalue weighted by Crippen LogP contribution is -2.53. The number of nitrogens with zero attached hydrogens (tertiary/aromatic N) is 2. The van der Waals surface area contributed by atoms with E-state index in [-0.39, 0.29) is 23.8 Å². The molecule has 7 nitrogen and oxygen atoms in total. The minimum absolute atomic E-state index is 0.0247. The largest absolute Gasteiger partial charge is 0.354 e. The second kappa shape index (κ2) is 15.7. The molecule has 4 rings (SSSR count). The first-order valence-corrected chi connectivity index (χ1v) is 16.9. The zero-order valence-corrected chi connectivity index (χ0v) is 27.7. The molecule has 1 unspecified atom stereocenters. The Morgan fingerprint density at radius 3 is 2.04 bits per heavy atom. The summed E-state index contributed by atoms with van der Waals surface area (Å²) in [6, 6.07) is 26.0. The van der Waals surface area contributed by atoms with E-state index >= 15 is 0 Å². The highest BCUT2D eigenvalue weighted by Gasteiger charge is 2.34. The fourth-order valence-electron chi connectivity index (χ4n) is 5.31. The van der Waals surface area contributed by atoms with Crippen LogP contribution in [-0.4, -0.2) is 44.3 Å². The van der Waals surface area contributed by atoms with Crippen molar-refractivity contribution in [3.05, 3.63) is 131 Å². The van der Waals surface area contributed by atoms with Crippen molar-refractivity contribution in [3.8, 4) is 0 Å². The Morgan fingerprint density at radius 1 is 0.804 bits per heavy atom. The highest BCUT2D eigenvalue weighted by molar-refractivity contribution is 7.92. The summed E-state index contributed by atoms with van der Waals surface area (Å²) in [5.74, 6) is -1.33. The number of halogens is 1. The standard InChI is InChI=1S/C37H42FN3O4S/c1-5-6-20-39-37(43)35(24-30-10-8-7-9-11-30)40(25-31-14-16-32(38)17-15-31)36(42)26-41(33-22-28(3)21-29(4)23-33)46(44,45)34-18-12-27(2)13-19-34/h7-19,21-23,35H,5-6,20,24-26H2,1-4H3,(H,39,43). The van der Waals surface area contributed by atoms with Gasteiger partial charge in [-0.3, -0.25) is 13.9 Å². The van der Waals surface area contributed by atoms with Gasteiger partial charge in [0.2, 0.25) is 11.8 Å². The van der Waals surface area contributed by atoms with Gasteiger partial charge in [-0.2, -0.15) is 0 Å². The van der Waals surface area contributed by atoms with Gasteiger partial charge in [0.25, 0.3) is 10.0 Å². The summed E-state index contributed by atoms with van der Waals surface area (Å²) in [5, 5.41) is 2.97. The van der Waals surface area contributed by atoms with Crippen LogP contribution in [0.2, 0.25) is 0 Å². The fourth-order valence-corrected chi connectivity index (χ4v) is 6.71. The van der Waals surface area contributed by atoms with Crippen LogP contribution in [-0.2, 0) is 32.6 Å². The van der Waals surface area contributed by atoms with Crippen LogP contribution in [0.5, 0.6) is 0 Å². The molecular weight excluding hydrogens is 601 g/mol. The van der Waals surface area contributed by atoms with E-state index in [4.69, 9.17) is 0 Å². The maximum Gasteiger partial charge on any atom is 0.264 e. The Morgan fingerprint density at radius 2 is 1.43 bits per heavy atom. The molecule has 242 valence electrons. The summed E-state index contributed by atoms with van der Waals surface area (Å²) in [6.45, 7) is 7.49. The Hall–Kier alpha value is -4.50. The van der Waals surface area contributed by atoms with Crippen LogP contribution < -0.4 is 9.62 Å². The molecule has 0 fully saturated rings. The van der Waals surface area contributed by atoms with E-state index in [0.717, 1.165) is 39.4 Å². The zero-order valence-electron chi connectivity index (χ0n) is 26.9. The Labute approximate surface area is 272 Å². The van der Waals surface area contributed by atoms with Crippen molar-refractivity contribution >= 4 is 27.5 Å². The van der Waals surface area contributed by atoms with E-state index in [1.165, 1.54) is 29.2 Å². The van der Waals surface area contributed by atoms with Gasteiger partial charge in [0.05, 0.1) is 10.6 Å². The lowest BCUT2D eigenvalue weighted by atomic mass is 10.0. The van der Waals surface area contributed by atoms with Gasteiger partial charge in [-0.1, -0.05) is 79.6 Å². The molecule has 46 heavy (non-hydrogen) atoms. The third-order valence-electron chi connectivity index (χ3n) is 7.75. The highest BCUT2D eigenvalue weighted by Crippen LogP contribution is 2.27. The van der Waals surface area contributed by atoms with E-state index in [1.54, 1.807) is 36.4 Å². The fraction of sp³-hybridized carbons (Fsp3) is 0.297. The molecule has 0 aliphatic carbocycles. The molecule has 0 heterocycles. The molecule has 0 bridgehead atoms. The van der Waals surface area contributed by atoms with E-state index < -0.39 is 34.3 Å². The summed E-state index contributed by atoms with van der Waals surface area (Å²) in [4.78, 5) is 29.8. The van der Waals surface area contributed by atoms with Gasteiger partial charge < -0.3 is 10.2 Å². The summed E-state index contributed by atoms with van der Waals surface area (Å²) in [5.41, 5.74) is 4.37. The second-order valence-electron chi connectivity index (χ2n) is 11.7. The number of carbonyl (C=O) groups is 2. The molecule has 0 saturated carbocycles. The molecule has 0 radical (unpaired) electrons. The maximum atomic E-state index is 14.5. The number of amides is 2. The molecule has 0 spiro atoms. The SMILES string of the molecule is CCCCNC(=O)C(Cc1ccccc1)N(Cc1ccc(F)cc1)C(=O)CN(c1cc(C)cc(C)c1)S(=O)(=O)c1ccc(C)cc1. The van der Waals surface area contributed by atoms with Gasteiger partial charge in [-0.15, -0.1) is 0 Å². The third-order valence-corrected chi connectivity index (χ3v) is 9.54. The first kappa shape index (κ1) is 34.4. The van der Waals surface area contributed by atoms with E-state index in [2.05, 4.69) is 5.32 Å².